The molecule has 0 aromatic heterocycles. The number of ketones is 1. The van der Waals surface area contributed by atoms with Crippen LogP contribution in [0.3, 0.4) is 0 Å². The zero-order valence-electron chi connectivity index (χ0n) is 17.5. The van der Waals surface area contributed by atoms with Gasteiger partial charge in [-0.05, 0) is 37.0 Å². The van der Waals surface area contributed by atoms with Crippen LogP contribution in [0.15, 0.2) is 77.1 Å². The first-order valence-electron chi connectivity index (χ1n) is 10.4. The van der Waals surface area contributed by atoms with Crippen LogP contribution in [-0.4, -0.2) is 11.8 Å². The summed E-state index contributed by atoms with van der Waals surface area (Å²) in [7, 11) is 0. The van der Waals surface area contributed by atoms with E-state index in [0.29, 0.717) is 24.2 Å². The van der Waals surface area contributed by atoms with Crippen LogP contribution in [-0.2, 0) is 27.1 Å². The summed E-state index contributed by atoms with van der Waals surface area (Å²) in [6, 6.07) is 14.1. The van der Waals surface area contributed by atoms with E-state index in [1.807, 2.05) is 6.07 Å². The molecule has 1 aliphatic carbocycles. The number of alkyl halides is 3. The van der Waals surface area contributed by atoms with Crippen molar-refractivity contribution in [2.45, 2.75) is 44.9 Å². The number of Topliss-reactive ketones (excluding diaryl/α,β-unsaturated/α-hetero) is 1. The summed E-state index contributed by atoms with van der Waals surface area (Å²) in [4.78, 5) is 26.0. The van der Waals surface area contributed by atoms with Crippen molar-refractivity contribution in [1.29, 1.82) is 0 Å². The third-order valence-corrected chi connectivity index (χ3v) is 5.79. The molecule has 0 fully saturated rings. The number of hydrogen-bond donors (Lipinski definition) is 1. The third kappa shape index (κ3) is 4.20. The molecule has 0 radical (unpaired) electrons. The normalized spacial score (nSPS) is 18.9. The molecule has 0 bridgehead atoms. The number of nitrogens with one attached hydrogen (secondary N) is 1. The molecule has 0 saturated carbocycles. The van der Waals surface area contributed by atoms with Crippen molar-refractivity contribution in [3.63, 3.8) is 0 Å². The number of esters is 1. The minimum absolute atomic E-state index is 0.0239. The van der Waals surface area contributed by atoms with E-state index in [0.717, 1.165) is 11.6 Å². The fraction of sp³-hybridized carbons (Fsp3) is 0.280. The van der Waals surface area contributed by atoms with Crippen molar-refractivity contribution in [1.82, 2.24) is 5.32 Å². The number of carbonyl (C=O) groups excluding carboxylic acids is 2. The number of allylic oxidation sites excluding steroid dienone is 3. The lowest BCUT2D eigenvalue weighted by Crippen LogP contribution is -2.35. The second-order valence-electron chi connectivity index (χ2n) is 7.91. The highest BCUT2D eigenvalue weighted by atomic mass is 19.4. The van der Waals surface area contributed by atoms with Crippen LogP contribution in [0.5, 0.6) is 0 Å². The first kappa shape index (κ1) is 21.9. The van der Waals surface area contributed by atoms with Gasteiger partial charge in [-0.15, -0.1) is 0 Å². The SMILES string of the molecule is CC1=C(C(=O)OCc2ccccc2)[C@@H](c2ccccc2C(F)(F)F)C2=C(CCCC2=O)N1. The van der Waals surface area contributed by atoms with Gasteiger partial charge in [-0.3, -0.25) is 4.79 Å². The Balaban J connectivity index is 1.80. The van der Waals surface area contributed by atoms with Gasteiger partial charge in [-0.1, -0.05) is 48.5 Å². The van der Waals surface area contributed by atoms with Crippen molar-refractivity contribution in [2.24, 2.45) is 0 Å². The quantitative estimate of drug-likeness (QED) is 0.644. The number of benzene rings is 2. The summed E-state index contributed by atoms with van der Waals surface area (Å²) >= 11 is 0. The molecular formula is C25H22F3NO3. The van der Waals surface area contributed by atoms with Gasteiger partial charge in [-0.2, -0.15) is 13.2 Å². The number of halogens is 3. The van der Waals surface area contributed by atoms with E-state index in [-0.39, 0.29) is 35.5 Å². The molecule has 2 aromatic carbocycles. The summed E-state index contributed by atoms with van der Waals surface area (Å²) in [5.74, 6) is -2.13. The Hall–Kier alpha value is -3.35. The summed E-state index contributed by atoms with van der Waals surface area (Å²) in [5.41, 5.74) is 1.02. The maximum atomic E-state index is 13.9. The molecule has 1 N–H and O–H groups in total. The van der Waals surface area contributed by atoms with Gasteiger partial charge in [-0.25, -0.2) is 4.79 Å². The van der Waals surface area contributed by atoms with Gasteiger partial charge in [0.25, 0.3) is 0 Å². The van der Waals surface area contributed by atoms with E-state index in [9.17, 15) is 22.8 Å². The van der Waals surface area contributed by atoms with Crippen molar-refractivity contribution >= 4 is 11.8 Å². The lowest BCUT2D eigenvalue weighted by molar-refractivity contribution is -0.142. The maximum Gasteiger partial charge on any atom is 0.416 e. The van der Waals surface area contributed by atoms with E-state index in [1.165, 1.54) is 18.2 Å². The summed E-state index contributed by atoms with van der Waals surface area (Å²) in [6.07, 6.45) is -3.25. The predicted octanol–water partition coefficient (Wildman–Crippen LogP) is 5.42. The van der Waals surface area contributed by atoms with Gasteiger partial charge >= 0.3 is 12.1 Å². The average molecular weight is 441 g/mol. The molecule has 4 nitrogen and oxygen atoms in total. The fourth-order valence-electron chi connectivity index (χ4n) is 4.37. The molecule has 0 unspecified atom stereocenters. The van der Waals surface area contributed by atoms with Gasteiger partial charge in [0, 0.05) is 29.3 Å². The van der Waals surface area contributed by atoms with Crippen LogP contribution in [0.25, 0.3) is 0 Å². The first-order chi connectivity index (χ1) is 15.3. The van der Waals surface area contributed by atoms with E-state index in [4.69, 9.17) is 4.74 Å². The van der Waals surface area contributed by atoms with Crippen LogP contribution in [0.1, 0.15) is 48.8 Å². The molecule has 1 atom stereocenters. The highest BCUT2D eigenvalue weighted by Gasteiger charge is 2.43. The predicted molar refractivity (Wildman–Crippen MR) is 112 cm³/mol. The number of rotatable bonds is 4. The van der Waals surface area contributed by atoms with Crippen LogP contribution in [0, 0.1) is 0 Å². The van der Waals surface area contributed by atoms with Crippen LogP contribution in [0.4, 0.5) is 13.2 Å². The number of dihydropyridines is 1. The molecule has 0 spiro atoms. The third-order valence-electron chi connectivity index (χ3n) is 5.79. The molecule has 7 heteroatoms. The minimum atomic E-state index is -4.63. The topological polar surface area (TPSA) is 55.4 Å². The molecule has 4 rings (SSSR count). The molecule has 1 aliphatic heterocycles. The van der Waals surface area contributed by atoms with Crippen molar-refractivity contribution in [3.8, 4) is 0 Å². The second-order valence-corrected chi connectivity index (χ2v) is 7.91. The summed E-state index contributed by atoms with van der Waals surface area (Å²) in [6.45, 7) is 1.61. The lowest BCUT2D eigenvalue weighted by Gasteiger charge is -2.35. The monoisotopic (exact) mass is 441 g/mol. The van der Waals surface area contributed by atoms with Crippen LogP contribution >= 0.6 is 0 Å². The Morgan fingerprint density at radius 1 is 1.06 bits per heavy atom. The van der Waals surface area contributed by atoms with Crippen molar-refractivity contribution in [3.05, 3.63) is 93.8 Å². The van der Waals surface area contributed by atoms with E-state index in [1.54, 1.807) is 31.2 Å². The molecule has 0 amide bonds. The average Bonchev–Trinajstić information content (AvgIpc) is 2.77. The smallest absolute Gasteiger partial charge is 0.416 e. The maximum absolute atomic E-state index is 13.9. The largest absolute Gasteiger partial charge is 0.457 e. The number of hydrogen-bond acceptors (Lipinski definition) is 4. The Morgan fingerprint density at radius 3 is 2.47 bits per heavy atom. The zero-order valence-corrected chi connectivity index (χ0v) is 17.5. The molecular weight excluding hydrogens is 419 g/mol. The standard InChI is InChI=1S/C25H22F3NO3/c1-15-21(24(31)32-14-16-8-3-2-4-9-16)22(23-19(29-15)12-7-13-20(23)30)17-10-5-6-11-18(17)25(26,27)28/h2-6,8-11,22,29H,7,12-14H2,1H3/t22-/m1/s1. The lowest BCUT2D eigenvalue weighted by atomic mass is 9.74. The van der Waals surface area contributed by atoms with Gasteiger partial charge in [0.1, 0.15) is 6.61 Å². The minimum Gasteiger partial charge on any atom is -0.457 e. The van der Waals surface area contributed by atoms with Gasteiger partial charge < -0.3 is 10.1 Å². The Bertz CT molecular complexity index is 1120. The van der Waals surface area contributed by atoms with Gasteiger partial charge in [0.05, 0.1) is 11.1 Å². The van der Waals surface area contributed by atoms with Crippen LogP contribution < -0.4 is 5.32 Å². The highest BCUT2D eigenvalue weighted by Crippen LogP contribution is 2.46. The molecule has 0 saturated heterocycles. The first-order valence-corrected chi connectivity index (χ1v) is 10.4. The molecule has 166 valence electrons. The van der Waals surface area contributed by atoms with Crippen molar-refractivity contribution in [2.75, 3.05) is 0 Å². The van der Waals surface area contributed by atoms with Gasteiger partial charge in [0.15, 0.2) is 5.78 Å². The number of ether oxygens (including phenoxy) is 1. The van der Waals surface area contributed by atoms with Crippen LogP contribution in [0.2, 0.25) is 0 Å². The molecule has 2 aromatic rings. The Morgan fingerprint density at radius 2 is 1.75 bits per heavy atom. The summed E-state index contributed by atoms with van der Waals surface area (Å²) in [5, 5.41) is 3.09. The summed E-state index contributed by atoms with van der Waals surface area (Å²) < 4.78 is 47.1. The molecule has 32 heavy (non-hydrogen) atoms. The Kier molecular flexibility index (Phi) is 5.91. The second kappa shape index (κ2) is 8.65. The Labute approximate surface area is 183 Å². The zero-order chi connectivity index (χ0) is 22.9. The van der Waals surface area contributed by atoms with E-state index in [2.05, 4.69) is 5.32 Å². The van der Waals surface area contributed by atoms with Gasteiger partial charge in [0.2, 0.25) is 0 Å². The molecule has 2 aliphatic rings. The van der Waals surface area contributed by atoms with Crippen molar-refractivity contribution < 1.29 is 27.5 Å². The van der Waals surface area contributed by atoms with E-state index >= 15 is 0 Å². The fourth-order valence-corrected chi connectivity index (χ4v) is 4.37. The van der Waals surface area contributed by atoms with E-state index < -0.39 is 23.6 Å². The highest BCUT2D eigenvalue weighted by molar-refractivity contribution is 6.03. The molecule has 1 heterocycles. The number of carbonyl (C=O) groups is 2.